The Morgan fingerprint density at radius 1 is 1.27 bits per heavy atom. The molecule has 0 amide bonds. The van der Waals surface area contributed by atoms with Crippen LogP contribution in [0.2, 0.25) is 0 Å². The molecule has 0 aromatic heterocycles. The molecule has 0 saturated heterocycles. The maximum atomic E-state index is 11.3. The highest BCUT2D eigenvalue weighted by molar-refractivity contribution is 6.24. The van der Waals surface area contributed by atoms with Gasteiger partial charge in [-0.05, 0) is 55.0 Å². The van der Waals surface area contributed by atoms with Crippen LogP contribution in [-0.4, -0.2) is 15.6 Å². The van der Waals surface area contributed by atoms with Crippen molar-refractivity contribution in [3.8, 4) is 0 Å². The highest BCUT2D eigenvalue weighted by Crippen LogP contribution is 2.65. The molecular weight excluding hydrogens is 298 g/mol. The van der Waals surface area contributed by atoms with E-state index in [4.69, 9.17) is 17.1 Å². The lowest BCUT2D eigenvalue weighted by Crippen LogP contribution is -2.63. The number of azide groups is 1. The van der Waals surface area contributed by atoms with Crippen molar-refractivity contribution in [2.45, 2.75) is 48.6 Å². The van der Waals surface area contributed by atoms with Crippen molar-refractivity contribution >= 4 is 11.6 Å². The molecule has 4 aliphatic carbocycles. The molecule has 4 bridgehead atoms. The van der Waals surface area contributed by atoms with Gasteiger partial charge >= 0.3 is 0 Å². The van der Waals surface area contributed by atoms with E-state index in [-0.39, 0.29) is 16.8 Å². The van der Waals surface area contributed by atoms with E-state index in [0.717, 1.165) is 31.2 Å². The van der Waals surface area contributed by atoms with Crippen LogP contribution in [0, 0.1) is 17.8 Å². The largest absolute Gasteiger partial charge is 0.389 e. The third-order valence-electron chi connectivity index (χ3n) is 5.97. The summed E-state index contributed by atoms with van der Waals surface area (Å²) in [5, 5.41) is 15.4. The fraction of sp³-hybridized carbons (Fsp3) is 0.647. The Balaban J connectivity index is 1.76. The lowest BCUT2D eigenvalue weighted by atomic mass is 9.47. The summed E-state index contributed by atoms with van der Waals surface area (Å²) in [5.41, 5.74) is 9.24. The summed E-state index contributed by atoms with van der Waals surface area (Å²) in [6.45, 7) is 0. The zero-order valence-electron chi connectivity index (χ0n) is 12.4. The van der Waals surface area contributed by atoms with Gasteiger partial charge in [0.05, 0.1) is 11.6 Å². The van der Waals surface area contributed by atoms with Crippen LogP contribution in [0.1, 0.15) is 43.7 Å². The molecule has 22 heavy (non-hydrogen) atoms. The molecule has 5 rings (SSSR count). The maximum absolute atomic E-state index is 11.3. The third-order valence-corrected chi connectivity index (χ3v) is 6.41. The minimum Gasteiger partial charge on any atom is -0.389 e. The summed E-state index contributed by atoms with van der Waals surface area (Å²) < 4.78 is 0. The fourth-order valence-corrected chi connectivity index (χ4v) is 6.30. The Labute approximate surface area is 135 Å². The Bertz CT molecular complexity index is 632. The van der Waals surface area contributed by atoms with Crippen LogP contribution < -0.4 is 0 Å². The van der Waals surface area contributed by atoms with Gasteiger partial charge in [-0.1, -0.05) is 35.4 Å². The molecule has 4 saturated carbocycles. The molecule has 1 N–H and O–H groups in total. The number of halogens is 1. The SMILES string of the molecule is [N-]=[N+]=N[C@@H](c1ccccc1)[C@H]1[C@H]2C[C@H]3C[C@](Cl)(C2)C[C@@]1(O)C3. The fourth-order valence-electron chi connectivity index (χ4n) is 5.66. The quantitative estimate of drug-likeness (QED) is 0.377. The molecule has 0 unspecified atom stereocenters. The van der Waals surface area contributed by atoms with Gasteiger partial charge in [0.25, 0.3) is 0 Å². The van der Waals surface area contributed by atoms with Crippen LogP contribution in [0.15, 0.2) is 35.4 Å². The summed E-state index contributed by atoms with van der Waals surface area (Å²) in [6.07, 6.45) is 4.49. The standard InChI is InChI=1S/C17H20ClN3O/c18-16-7-11-6-13(9-16)14(17(22,8-11)10-16)15(20-21-19)12-4-2-1-3-5-12/h1-5,11,13-15,22H,6-10H2/t11-,13-,14+,15-,16-,17-/m0/s1. The minimum atomic E-state index is -0.791. The third kappa shape index (κ3) is 2.13. The van der Waals surface area contributed by atoms with E-state index in [0.29, 0.717) is 18.3 Å². The van der Waals surface area contributed by atoms with Gasteiger partial charge < -0.3 is 5.11 Å². The molecule has 1 aromatic rings. The minimum absolute atomic E-state index is 0.0192. The molecule has 0 aliphatic heterocycles. The zero-order chi connectivity index (χ0) is 15.4. The van der Waals surface area contributed by atoms with Crippen molar-refractivity contribution in [3.05, 3.63) is 46.3 Å². The van der Waals surface area contributed by atoms with Crippen LogP contribution in [0.3, 0.4) is 0 Å². The van der Waals surface area contributed by atoms with Crippen molar-refractivity contribution in [1.82, 2.24) is 0 Å². The van der Waals surface area contributed by atoms with Crippen molar-refractivity contribution in [1.29, 1.82) is 0 Å². The van der Waals surface area contributed by atoms with Crippen molar-refractivity contribution in [2.24, 2.45) is 22.9 Å². The lowest BCUT2D eigenvalue weighted by Gasteiger charge is -2.63. The number of benzene rings is 1. The number of alkyl halides is 1. The van der Waals surface area contributed by atoms with Crippen LogP contribution in [-0.2, 0) is 0 Å². The Kier molecular flexibility index (Phi) is 3.19. The van der Waals surface area contributed by atoms with E-state index in [1.54, 1.807) is 0 Å². The zero-order valence-corrected chi connectivity index (χ0v) is 13.2. The summed E-state index contributed by atoms with van der Waals surface area (Å²) in [4.78, 5) is 2.83. The second-order valence-electron chi connectivity index (χ2n) is 7.49. The van der Waals surface area contributed by atoms with Crippen molar-refractivity contribution in [3.63, 3.8) is 0 Å². The molecule has 1 aromatic carbocycles. The van der Waals surface area contributed by atoms with Crippen LogP contribution in [0.4, 0.5) is 0 Å². The summed E-state index contributed by atoms with van der Waals surface area (Å²) in [7, 11) is 0. The molecule has 116 valence electrons. The molecule has 4 aliphatic rings. The highest BCUT2D eigenvalue weighted by Gasteiger charge is 2.63. The average molecular weight is 318 g/mol. The monoisotopic (exact) mass is 317 g/mol. The van der Waals surface area contributed by atoms with E-state index in [2.05, 4.69) is 10.0 Å². The highest BCUT2D eigenvalue weighted by atomic mass is 35.5. The molecule has 5 heteroatoms. The summed E-state index contributed by atoms with van der Waals surface area (Å²) in [5.74, 6) is 0.849. The first-order chi connectivity index (χ1) is 10.5. The van der Waals surface area contributed by atoms with E-state index in [1.165, 1.54) is 0 Å². The number of aliphatic hydroxyl groups is 1. The molecular formula is C17H20ClN3O. The van der Waals surface area contributed by atoms with Gasteiger partial charge in [0.1, 0.15) is 0 Å². The van der Waals surface area contributed by atoms with Gasteiger partial charge in [-0.15, -0.1) is 11.6 Å². The Morgan fingerprint density at radius 3 is 2.68 bits per heavy atom. The Morgan fingerprint density at radius 2 is 2.05 bits per heavy atom. The number of hydrogen-bond donors (Lipinski definition) is 1. The van der Waals surface area contributed by atoms with Gasteiger partial charge in [0.2, 0.25) is 0 Å². The van der Waals surface area contributed by atoms with Crippen LogP contribution in [0.5, 0.6) is 0 Å². The topological polar surface area (TPSA) is 69.0 Å². The Hall–Kier alpha value is -1.22. The maximum Gasteiger partial charge on any atom is 0.0705 e. The summed E-state index contributed by atoms with van der Waals surface area (Å²) in [6, 6.07) is 9.54. The van der Waals surface area contributed by atoms with Gasteiger partial charge in [0.15, 0.2) is 0 Å². The normalized spacial score (nSPS) is 43.6. The van der Waals surface area contributed by atoms with Crippen molar-refractivity contribution in [2.75, 3.05) is 0 Å². The second kappa shape index (κ2) is 4.89. The number of rotatable bonds is 3. The first-order valence-electron chi connectivity index (χ1n) is 8.03. The van der Waals surface area contributed by atoms with Crippen LogP contribution in [0.25, 0.3) is 10.4 Å². The predicted molar refractivity (Wildman–Crippen MR) is 85.4 cm³/mol. The smallest absolute Gasteiger partial charge is 0.0705 e. The predicted octanol–water partition coefficient (Wildman–Crippen LogP) is 4.59. The van der Waals surface area contributed by atoms with Gasteiger partial charge in [-0.3, -0.25) is 0 Å². The van der Waals surface area contributed by atoms with Crippen LogP contribution >= 0.6 is 11.6 Å². The molecule has 4 nitrogen and oxygen atoms in total. The van der Waals surface area contributed by atoms with Crippen molar-refractivity contribution < 1.29 is 5.11 Å². The number of nitrogens with zero attached hydrogens (tertiary/aromatic N) is 3. The molecule has 0 spiro atoms. The van der Waals surface area contributed by atoms with Gasteiger partial charge in [-0.2, -0.15) is 0 Å². The molecule has 0 heterocycles. The molecule has 4 fully saturated rings. The molecule has 6 atom stereocenters. The van der Waals surface area contributed by atoms with E-state index in [1.807, 2.05) is 30.3 Å². The lowest BCUT2D eigenvalue weighted by molar-refractivity contribution is -0.170. The number of hydrogen-bond acceptors (Lipinski definition) is 2. The first kappa shape index (κ1) is 14.4. The summed E-state index contributed by atoms with van der Waals surface area (Å²) >= 11 is 6.75. The van der Waals surface area contributed by atoms with Gasteiger partial charge in [-0.25, -0.2) is 0 Å². The second-order valence-corrected chi connectivity index (χ2v) is 8.29. The van der Waals surface area contributed by atoms with E-state index < -0.39 is 5.60 Å². The first-order valence-corrected chi connectivity index (χ1v) is 8.41. The van der Waals surface area contributed by atoms with E-state index >= 15 is 0 Å². The van der Waals surface area contributed by atoms with Gasteiger partial charge in [0, 0.05) is 15.7 Å². The van der Waals surface area contributed by atoms with E-state index in [9.17, 15) is 5.11 Å². The average Bonchev–Trinajstić information content (AvgIpc) is 2.44. The molecule has 0 radical (unpaired) electrons.